The molecule has 4 nitrogen and oxygen atoms in total. The van der Waals surface area contributed by atoms with Crippen molar-refractivity contribution in [2.75, 3.05) is 18.4 Å². The van der Waals surface area contributed by atoms with Crippen LogP contribution < -0.4 is 11.1 Å². The Morgan fingerprint density at radius 2 is 1.85 bits per heavy atom. The molecule has 20 heavy (non-hydrogen) atoms. The minimum Gasteiger partial charge on any atom is -0.382 e. The maximum absolute atomic E-state index is 11.1. The summed E-state index contributed by atoms with van der Waals surface area (Å²) in [7, 11) is 0. The number of nitrogens with zero attached hydrogens (tertiary/aromatic N) is 1. The molecule has 110 valence electrons. The van der Waals surface area contributed by atoms with Crippen LogP contribution in [0.25, 0.3) is 0 Å². The van der Waals surface area contributed by atoms with Crippen molar-refractivity contribution < 1.29 is 4.79 Å². The molecule has 0 saturated carbocycles. The van der Waals surface area contributed by atoms with Crippen LogP contribution in [0.2, 0.25) is 0 Å². The third-order valence-electron chi connectivity index (χ3n) is 3.90. The summed E-state index contributed by atoms with van der Waals surface area (Å²) in [6, 6.07) is 8.58. The predicted octanol–water partition coefficient (Wildman–Crippen LogP) is 2.94. The van der Waals surface area contributed by atoms with Crippen molar-refractivity contribution in [1.29, 1.82) is 0 Å². The predicted molar refractivity (Wildman–Crippen MR) is 82.9 cm³/mol. The number of nitrogens with one attached hydrogen (secondary N) is 1. The minimum atomic E-state index is -0.307. The van der Waals surface area contributed by atoms with E-state index in [0.29, 0.717) is 6.04 Å². The third-order valence-corrected chi connectivity index (χ3v) is 3.90. The highest BCUT2D eigenvalue weighted by atomic mass is 16.2. The lowest BCUT2D eigenvalue weighted by Gasteiger charge is -2.33. The highest BCUT2D eigenvalue weighted by molar-refractivity contribution is 5.72. The van der Waals surface area contributed by atoms with Crippen molar-refractivity contribution >= 4 is 11.7 Å². The van der Waals surface area contributed by atoms with Gasteiger partial charge in [0, 0.05) is 24.8 Å². The number of amides is 2. The van der Waals surface area contributed by atoms with Gasteiger partial charge in [0.1, 0.15) is 0 Å². The van der Waals surface area contributed by atoms with Gasteiger partial charge in [0.05, 0.1) is 0 Å². The van der Waals surface area contributed by atoms with Crippen molar-refractivity contribution in [3.63, 3.8) is 0 Å². The Bertz CT molecular complexity index is 471. The van der Waals surface area contributed by atoms with Gasteiger partial charge in [-0.2, -0.15) is 0 Å². The summed E-state index contributed by atoms with van der Waals surface area (Å²) in [5.41, 5.74) is 7.97. The van der Waals surface area contributed by atoms with Gasteiger partial charge in [-0.1, -0.05) is 39.0 Å². The molecule has 1 saturated heterocycles. The van der Waals surface area contributed by atoms with Crippen molar-refractivity contribution in [3.8, 4) is 0 Å². The van der Waals surface area contributed by atoms with E-state index in [4.69, 9.17) is 5.73 Å². The van der Waals surface area contributed by atoms with Crippen LogP contribution in [0.1, 0.15) is 39.2 Å². The van der Waals surface area contributed by atoms with Gasteiger partial charge in [-0.15, -0.1) is 0 Å². The number of anilines is 1. The summed E-state index contributed by atoms with van der Waals surface area (Å²) in [5.74, 6) is 0. The van der Waals surface area contributed by atoms with Gasteiger partial charge in [0.15, 0.2) is 0 Å². The average Bonchev–Trinajstić information content (AvgIpc) is 2.38. The number of para-hydroxylation sites is 1. The molecule has 0 atom stereocenters. The highest BCUT2D eigenvalue weighted by Gasteiger charge is 2.23. The summed E-state index contributed by atoms with van der Waals surface area (Å²) in [6.45, 7) is 8.16. The summed E-state index contributed by atoms with van der Waals surface area (Å²) >= 11 is 0. The molecule has 4 heteroatoms. The number of carbonyl (C=O) groups is 1. The Labute approximate surface area is 121 Å². The Morgan fingerprint density at radius 1 is 1.25 bits per heavy atom. The molecule has 0 aliphatic carbocycles. The first-order chi connectivity index (χ1) is 9.38. The Balaban J connectivity index is 2.03. The van der Waals surface area contributed by atoms with Gasteiger partial charge in [0.25, 0.3) is 0 Å². The zero-order chi connectivity index (χ0) is 14.8. The molecule has 2 amide bonds. The van der Waals surface area contributed by atoms with Crippen LogP contribution in [0.5, 0.6) is 0 Å². The first kappa shape index (κ1) is 14.7. The zero-order valence-corrected chi connectivity index (χ0v) is 12.6. The molecule has 1 aromatic carbocycles. The van der Waals surface area contributed by atoms with Crippen LogP contribution in [0.15, 0.2) is 24.3 Å². The third kappa shape index (κ3) is 3.44. The summed E-state index contributed by atoms with van der Waals surface area (Å²) in [5, 5.41) is 3.64. The van der Waals surface area contributed by atoms with Gasteiger partial charge < -0.3 is 16.0 Å². The van der Waals surface area contributed by atoms with Crippen LogP contribution in [-0.4, -0.2) is 30.1 Å². The Kier molecular flexibility index (Phi) is 4.21. The van der Waals surface area contributed by atoms with Gasteiger partial charge in [-0.05, 0) is 29.9 Å². The Morgan fingerprint density at radius 3 is 2.40 bits per heavy atom. The largest absolute Gasteiger partial charge is 0.382 e. The number of benzene rings is 1. The normalized spacial score (nSPS) is 17.1. The summed E-state index contributed by atoms with van der Waals surface area (Å²) < 4.78 is 0. The lowest BCUT2D eigenvalue weighted by molar-refractivity contribution is 0.193. The lowest BCUT2D eigenvalue weighted by atomic mass is 9.85. The van der Waals surface area contributed by atoms with Gasteiger partial charge in [-0.3, -0.25) is 0 Å². The fourth-order valence-electron chi connectivity index (χ4n) is 2.73. The monoisotopic (exact) mass is 275 g/mol. The van der Waals surface area contributed by atoms with Crippen LogP contribution in [0.3, 0.4) is 0 Å². The van der Waals surface area contributed by atoms with Crippen molar-refractivity contribution in [2.24, 2.45) is 5.73 Å². The molecule has 0 unspecified atom stereocenters. The molecule has 0 aromatic heterocycles. The van der Waals surface area contributed by atoms with Gasteiger partial charge in [-0.25, -0.2) is 4.79 Å². The maximum Gasteiger partial charge on any atom is 0.314 e. The molecule has 3 N–H and O–H groups in total. The fraction of sp³-hybridized carbons (Fsp3) is 0.562. The van der Waals surface area contributed by atoms with Crippen LogP contribution in [-0.2, 0) is 5.41 Å². The topological polar surface area (TPSA) is 58.4 Å². The molecule has 1 fully saturated rings. The summed E-state index contributed by atoms with van der Waals surface area (Å²) in [6.07, 6.45) is 1.89. The fourth-order valence-corrected chi connectivity index (χ4v) is 2.73. The van der Waals surface area contributed by atoms with E-state index in [0.717, 1.165) is 25.9 Å². The molecule has 2 rings (SSSR count). The maximum atomic E-state index is 11.1. The second kappa shape index (κ2) is 5.73. The second-order valence-corrected chi connectivity index (χ2v) is 6.54. The SMILES string of the molecule is CC(C)(C)c1ccccc1NC1CCN(C(N)=O)CC1. The number of hydrogen-bond donors (Lipinski definition) is 2. The minimum absolute atomic E-state index is 0.123. The van der Waals surface area contributed by atoms with Crippen LogP contribution >= 0.6 is 0 Å². The number of nitrogens with two attached hydrogens (primary N) is 1. The number of urea groups is 1. The molecule has 1 aliphatic heterocycles. The van der Waals surface area contributed by atoms with E-state index in [1.807, 2.05) is 0 Å². The molecule has 0 bridgehead atoms. The van der Waals surface area contributed by atoms with Gasteiger partial charge >= 0.3 is 6.03 Å². The van der Waals surface area contributed by atoms with Crippen molar-refractivity contribution in [2.45, 2.75) is 45.1 Å². The van der Waals surface area contributed by atoms with E-state index in [9.17, 15) is 4.79 Å². The quantitative estimate of drug-likeness (QED) is 0.872. The highest BCUT2D eigenvalue weighted by Crippen LogP contribution is 2.30. The molecule has 0 radical (unpaired) electrons. The Hall–Kier alpha value is -1.71. The molecular weight excluding hydrogens is 250 g/mol. The zero-order valence-electron chi connectivity index (χ0n) is 12.6. The number of hydrogen-bond acceptors (Lipinski definition) is 2. The van der Waals surface area contributed by atoms with E-state index in [1.165, 1.54) is 11.3 Å². The smallest absolute Gasteiger partial charge is 0.314 e. The van der Waals surface area contributed by atoms with E-state index >= 15 is 0 Å². The van der Waals surface area contributed by atoms with E-state index in [2.05, 4.69) is 50.4 Å². The number of likely N-dealkylation sites (tertiary alicyclic amines) is 1. The first-order valence-corrected chi connectivity index (χ1v) is 7.28. The first-order valence-electron chi connectivity index (χ1n) is 7.28. The number of piperidine rings is 1. The van der Waals surface area contributed by atoms with Crippen molar-refractivity contribution in [1.82, 2.24) is 4.90 Å². The second-order valence-electron chi connectivity index (χ2n) is 6.54. The number of primary amides is 1. The average molecular weight is 275 g/mol. The number of carbonyl (C=O) groups excluding carboxylic acids is 1. The molecule has 1 heterocycles. The summed E-state index contributed by atoms with van der Waals surface area (Å²) in [4.78, 5) is 12.8. The molecular formula is C16H25N3O. The van der Waals surface area contributed by atoms with E-state index < -0.39 is 0 Å². The number of rotatable bonds is 2. The van der Waals surface area contributed by atoms with E-state index in [-0.39, 0.29) is 11.4 Å². The molecule has 1 aliphatic rings. The van der Waals surface area contributed by atoms with Crippen LogP contribution in [0.4, 0.5) is 10.5 Å². The van der Waals surface area contributed by atoms with Crippen LogP contribution in [0, 0.1) is 0 Å². The van der Waals surface area contributed by atoms with E-state index in [1.54, 1.807) is 4.90 Å². The van der Waals surface area contributed by atoms with Crippen molar-refractivity contribution in [3.05, 3.63) is 29.8 Å². The lowest BCUT2D eigenvalue weighted by Crippen LogP contribution is -2.44. The van der Waals surface area contributed by atoms with Gasteiger partial charge in [0.2, 0.25) is 0 Å². The molecule has 0 spiro atoms. The standard InChI is InChI=1S/C16H25N3O/c1-16(2,3)13-6-4-5-7-14(13)18-12-8-10-19(11-9-12)15(17)20/h4-7,12,18H,8-11H2,1-3H3,(H2,17,20). The molecule has 1 aromatic rings.